The minimum absolute atomic E-state index is 0.121. The first-order valence-electron chi connectivity index (χ1n) is 24.5. The maximum Gasteiger partial charge on any atom is 0.309 e. The number of hydrogen-bond acceptors (Lipinski definition) is 6. The number of allylic oxidation sites excluding steroid dienone is 17. The lowest BCUT2D eigenvalue weighted by molar-refractivity contribution is -0.166. The molecular formula is C55H88O6. The van der Waals surface area contributed by atoms with Crippen LogP contribution in [-0.4, -0.2) is 37.2 Å². The van der Waals surface area contributed by atoms with Gasteiger partial charge in [0.25, 0.3) is 0 Å². The number of unbranched alkanes of at least 4 members (excludes halogenated alkanes) is 18. The van der Waals surface area contributed by atoms with Gasteiger partial charge < -0.3 is 14.2 Å². The summed E-state index contributed by atoms with van der Waals surface area (Å²) in [5.74, 6) is -1.12. The maximum atomic E-state index is 12.7. The van der Waals surface area contributed by atoms with Gasteiger partial charge in [-0.05, 0) is 83.5 Å². The molecule has 0 aromatic rings. The Morgan fingerprint density at radius 2 is 0.754 bits per heavy atom. The van der Waals surface area contributed by atoms with Crippen molar-refractivity contribution in [2.45, 2.75) is 207 Å². The molecule has 0 rings (SSSR count). The van der Waals surface area contributed by atoms with Crippen molar-refractivity contribution >= 4 is 17.9 Å². The Bertz CT molecular complexity index is 1290. The van der Waals surface area contributed by atoms with Crippen molar-refractivity contribution < 1.29 is 28.6 Å². The third-order valence-corrected chi connectivity index (χ3v) is 9.89. The van der Waals surface area contributed by atoms with Crippen LogP contribution in [0.2, 0.25) is 0 Å². The molecule has 344 valence electrons. The standard InChI is InChI=1S/C55H88O6/c1-4-7-10-13-16-19-21-23-25-27-28-30-31-33-36-39-42-45-48-54(57)60-51-52(50-59-53(56)47-44-41-38-35-18-15-12-9-6-3)61-55(58)49-46-43-40-37-34-32-29-26-24-22-20-17-14-11-8-5-2/h9,12,16,18-19,21,23,25-30,32,34-35,41,44,52H,4-8,10-11,13-15,17,20,22,24,31,33,36-40,42-43,45-51H2,1-3H3/b12-9-,19-16-,23-21-,27-25-,29-26-,30-28-,34-32-,35-18-,44-41-. The Morgan fingerprint density at radius 1 is 0.377 bits per heavy atom. The number of carbonyl (C=O) groups is 3. The van der Waals surface area contributed by atoms with E-state index < -0.39 is 12.1 Å². The van der Waals surface area contributed by atoms with Crippen molar-refractivity contribution in [3.05, 3.63) is 109 Å². The summed E-state index contributed by atoms with van der Waals surface area (Å²) in [7, 11) is 0. The fourth-order valence-electron chi connectivity index (χ4n) is 6.21. The first-order valence-corrected chi connectivity index (χ1v) is 24.5. The fraction of sp³-hybridized carbons (Fsp3) is 0.618. The molecule has 0 aromatic carbocycles. The molecule has 1 atom stereocenters. The molecule has 61 heavy (non-hydrogen) atoms. The predicted molar refractivity (Wildman–Crippen MR) is 260 cm³/mol. The van der Waals surface area contributed by atoms with Gasteiger partial charge in [-0.3, -0.25) is 14.4 Å². The Balaban J connectivity index is 4.51. The zero-order chi connectivity index (χ0) is 44.4. The zero-order valence-corrected chi connectivity index (χ0v) is 39.1. The van der Waals surface area contributed by atoms with Crippen molar-refractivity contribution in [1.29, 1.82) is 0 Å². The van der Waals surface area contributed by atoms with Crippen molar-refractivity contribution in [2.24, 2.45) is 0 Å². The molecule has 6 heteroatoms. The van der Waals surface area contributed by atoms with Gasteiger partial charge in [0.15, 0.2) is 6.10 Å². The molecule has 0 fully saturated rings. The quantitative estimate of drug-likeness (QED) is 0.0200. The van der Waals surface area contributed by atoms with Crippen LogP contribution in [0, 0.1) is 0 Å². The van der Waals surface area contributed by atoms with Crippen LogP contribution >= 0.6 is 0 Å². The molecule has 0 aliphatic carbocycles. The van der Waals surface area contributed by atoms with Crippen molar-refractivity contribution in [2.75, 3.05) is 13.2 Å². The minimum atomic E-state index is -0.838. The zero-order valence-electron chi connectivity index (χ0n) is 39.1. The van der Waals surface area contributed by atoms with E-state index in [0.717, 1.165) is 89.9 Å². The lowest BCUT2D eigenvalue weighted by atomic mass is 10.1. The molecule has 0 aliphatic heterocycles. The first-order chi connectivity index (χ1) is 30.0. The maximum absolute atomic E-state index is 12.7. The third-order valence-electron chi connectivity index (χ3n) is 9.89. The second kappa shape index (κ2) is 48.7. The average Bonchev–Trinajstić information content (AvgIpc) is 3.26. The highest BCUT2D eigenvalue weighted by Crippen LogP contribution is 2.12. The summed E-state index contributed by atoms with van der Waals surface area (Å²) in [4.78, 5) is 37.7. The predicted octanol–water partition coefficient (Wildman–Crippen LogP) is 16.0. The Kier molecular flexibility index (Phi) is 45.6. The molecule has 0 bridgehead atoms. The van der Waals surface area contributed by atoms with Gasteiger partial charge in [-0.15, -0.1) is 0 Å². The van der Waals surface area contributed by atoms with E-state index in [4.69, 9.17) is 14.2 Å². The number of hydrogen-bond donors (Lipinski definition) is 0. The van der Waals surface area contributed by atoms with Crippen LogP contribution in [0.4, 0.5) is 0 Å². The Hall–Kier alpha value is -3.93. The van der Waals surface area contributed by atoms with E-state index in [1.54, 1.807) is 6.08 Å². The lowest BCUT2D eigenvalue weighted by Crippen LogP contribution is -2.30. The molecule has 1 unspecified atom stereocenters. The summed E-state index contributed by atoms with van der Waals surface area (Å²) in [6.45, 7) is 6.31. The summed E-state index contributed by atoms with van der Waals surface area (Å²) in [5.41, 5.74) is 0. The van der Waals surface area contributed by atoms with Gasteiger partial charge in [-0.25, -0.2) is 0 Å². The Labute approximate surface area is 374 Å². The molecule has 0 amide bonds. The van der Waals surface area contributed by atoms with Crippen LogP contribution in [0.15, 0.2) is 109 Å². The fourth-order valence-corrected chi connectivity index (χ4v) is 6.21. The number of rotatable bonds is 42. The van der Waals surface area contributed by atoms with Gasteiger partial charge in [0, 0.05) is 12.8 Å². The second-order valence-corrected chi connectivity index (χ2v) is 15.8. The number of carbonyl (C=O) groups excluding carboxylic acids is 3. The largest absolute Gasteiger partial charge is 0.462 e. The van der Waals surface area contributed by atoms with Gasteiger partial charge in [-0.2, -0.15) is 0 Å². The summed E-state index contributed by atoms with van der Waals surface area (Å²) < 4.78 is 16.6. The summed E-state index contributed by atoms with van der Waals surface area (Å²) in [6.07, 6.45) is 65.3. The van der Waals surface area contributed by atoms with Crippen LogP contribution in [0.3, 0.4) is 0 Å². The van der Waals surface area contributed by atoms with E-state index in [0.29, 0.717) is 12.8 Å². The highest BCUT2D eigenvalue weighted by molar-refractivity contribution is 5.72. The Morgan fingerprint density at radius 3 is 1.30 bits per heavy atom. The van der Waals surface area contributed by atoms with E-state index in [2.05, 4.69) is 118 Å². The number of ether oxygens (including phenoxy) is 3. The molecule has 6 nitrogen and oxygen atoms in total. The van der Waals surface area contributed by atoms with Crippen molar-refractivity contribution in [1.82, 2.24) is 0 Å². The van der Waals surface area contributed by atoms with Gasteiger partial charge in [-0.1, -0.05) is 207 Å². The van der Waals surface area contributed by atoms with Gasteiger partial charge in [0.05, 0.1) is 6.42 Å². The second-order valence-electron chi connectivity index (χ2n) is 15.8. The van der Waals surface area contributed by atoms with Crippen LogP contribution in [0.1, 0.15) is 201 Å². The molecule has 0 saturated heterocycles. The van der Waals surface area contributed by atoms with E-state index in [1.807, 2.05) is 6.08 Å². The monoisotopic (exact) mass is 845 g/mol. The SMILES string of the molecule is CC/C=C\C/C=C\C/C=C\CC(=O)OCC(COC(=O)CCCCCCC\C=C/C=C\C=C/C=C\CCCCC)OC(=O)CCCCC/C=C\C=C/CCCCCCCCC. The van der Waals surface area contributed by atoms with Crippen molar-refractivity contribution in [3.63, 3.8) is 0 Å². The normalized spacial score (nSPS) is 13.0. The van der Waals surface area contributed by atoms with Crippen LogP contribution in [0.25, 0.3) is 0 Å². The smallest absolute Gasteiger partial charge is 0.309 e. The van der Waals surface area contributed by atoms with E-state index in [1.165, 1.54) is 64.2 Å². The van der Waals surface area contributed by atoms with E-state index in [9.17, 15) is 14.4 Å². The van der Waals surface area contributed by atoms with Gasteiger partial charge in [0.2, 0.25) is 0 Å². The minimum Gasteiger partial charge on any atom is -0.462 e. The molecule has 0 N–H and O–H groups in total. The molecule has 0 aromatic heterocycles. The highest BCUT2D eigenvalue weighted by Gasteiger charge is 2.19. The van der Waals surface area contributed by atoms with E-state index >= 15 is 0 Å². The number of esters is 3. The van der Waals surface area contributed by atoms with Crippen molar-refractivity contribution in [3.8, 4) is 0 Å². The molecular weight excluding hydrogens is 757 g/mol. The molecule has 0 radical (unpaired) electrons. The lowest BCUT2D eigenvalue weighted by Gasteiger charge is -2.18. The molecule has 0 heterocycles. The summed E-state index contributed by atoms with van der Waals surface area (Å²) in [5, 5.41) is 0. The topological polar surface area (TPSA) is 78.9 Å². The van der Waals surface area contributed by atoms with E-state index in [-0.39, 0.29) is 38.0 Å². The molecule has 0 aliphatic rings. The van der Waals surface area contributed by atoms with Gasteiger partial charge in [0.1, 0.15) is 13.2 Å². The average molecular weight is 845 g/mol. The van der Waals surface area contributed by atoms with Gasteiger partial charge >= 0.3 is 17.9 Å². The molecule has 0 saturated carbocycles. The summed E-state index contributed by atoms with van der Waals surface area (Å²) >= 11 is 0. The first kappa shape index (κ1) is 57.1. The van der Waals surface area contributed by atoms with Crippen LogP contribution in [-0.2, 0) is 28.6 Å². The highest BCUT2D eigenvalue weighted by atomic mass is 16.6. The van der Waals surface area contributed by atoms with Crippen LogP contribution in [0.5, 0.6) is 0 Å². The third kappa shape index (κ3) is 47.0. The molecule has 0 spiro atoms. The summed E-state index contributed by atoms with van der Waals surface area (Å²) in [6, 6.07) is 0. The van der Waals surface area contributed by atoms with Crippen LogP contribution < -0.4 is 0 Å².